The minimum Gasteiger partial charge on any atom is -0.457 e. The van der Waals surface area contributed by atoms with Gasteiger partial charge in [-0.2, -0.15) is 0 Å². The third-order valence-electron chi connectivity index (χ3n) is 7.60. The molecule has 224 valence electrons. The Bertz CT molecular complexity index is 1870. The molecule has 8 nitrogen and oxygen atoms in total. The van der Waals surface area contributed by atoms with Gasteiger partial charge in [0.1, 0.15) is 17.2 Å². The number of nitrogens with zero attached hydrogens (tertiary/aromatic N) is 1. The van der Waals surface area contributed by atoms with E-state index < -0.39 is 30.2 Å². The fraction of sp³-hybridized carbons (Fsp3) is 0.135. The van der Waals surface area contributed by atoms with Crippen LogP contribution in [0.1, 0.15) is 32.7 Å². The summed E-state index contributed by atoms with van der Waals surface area (Å²) in [7, 11) is 0. The minimum atomic E-state index is -0.694. The Morgan fingerprint density at radius 2 is 1.42 bits per heavy atom. The summed E-state index contributed by atoms with van der Waals surface area (Å²) >= 11 is 0. The van der Waals surface area contributed by atoms with Gasteiger partial charge in [-0.25, -0.2) is 4.79 Å². The van der Waals surface area contributed by atoms with Crippen LogP contribution in [0.4, 0.5) is 5.69 Å². The third-order valence-corrected chi connectivity index (χ3v) is 7.60. The Kier molecular flexibility index (Phi) is 8.37. The normalized spacial score (nSPS) is 14.3. The van der Waals surface area contributed by atoms with Gasteiger partial charge in [0.15, 0.2) is 12.4 Å². The largest absolute Gasteiger partial charge is 0.457 e. The molecule has 1 saturated heterocycles. The van der Waals surface area contributed by atoms with Crippen LogP contribution in [0.25, 0.3) is 10.8 Å². The van der Waals surface area contributed by atoms with Gasteiger partial charge in [-0.15, -0.1) is 0 Å². The number of carbonyl (C=O) groups excluding carboxylic acids is 4. The van der Waals surface area contributed by atoms with Crippen LogP contribution in [0.3, 0.4) is 0 Å². The van der Waals surface area contributed by atoms with Crippen LogP contribution < -0.4 is 14.4 Å². The molecule has 1 amide bonds. The number of ketones is 1. The topological polar surface area (TPSA) is 99.2 Å². The molecule has 6 rings (SSSR count). The zero-order valence-electron chi connectivity index (χ0n) is 24.5. The molecular weight excluding hydrogens is 570 g/mol. The first kappa shape index (κ1) is 29.3. The SMILES string of the molecule is Cc1ccc(C(=O)Oc2ccc(C(=O)COC(=O)[C@@H]3CC(=O)N(c4ccc(Oc5cccc6ccccc56)cc4)C3)cc2)cc1. The number of carbonyl (C=O) groups is 4. The highest BCUT2D eigenvalue weighted by Crippen LogP contribution is 2.32. The molecule has 5 aromatic carbocycles. The molecule has 1 atom stereocenters. The highest BCUT2D eigenvalue weighted by atomic mass is 16.5. The van der Waals surface area contributed by atoms with E-state index in [1.165, 1.54) is 29.2 Å². The van der Waals surface area contributed by atoms with E-state index in [2.05, 4.69) is 0 Å². The molecule has 0 bridgehead atoms. The lowest BCUT2D eigenvalue weighted by molar-refractivity contribution is -0.147. The molecule has 1 heterocycles. The van der Waals surface area contributed by atoms with Gasteiger partial charge in [-0.05, 0) is 79.0 Å². The van der Waals surface area contributed by atoms with Crippen LogP contribution in [0.2, 0.25) is 0 Å². The average molecular weight is 600 g/mol. The maximum absolute atomic E-state index is 12.8. The van der Waals surface area contributed by atoms with E-state index in [-0.39, 0.29) is 24.6 Å². The quantitative estimate of drug-likeness (QED) is 0.103. The first-order chi connectivity index (χ1) is 21.8. The highest BCUT2D eigenvalue weighted by Gasteiger charge is 2.36. The number of fused-ring (bicyclic) bond motifs is 1. The van der Waals surface area contributed by atoms with Gasteiger partial charge in [0.05, 0.1) is 11.5 Å². The maximum atomic E-state index is 12.8. The van der Waals surface area contributed by atoms with Crippen LogP contribution in [0, 0.1) is 12.8 Å². The van der Waals surface area contributed by atoms with Crippen LogP contribution in [-0.2, 0) is 14.3 Å². The van der Waals surface area contributed by atoms with E-state index in [0.29, 0.717) is 22.6 Å². The number of benzene rings is 5. The molecule has 8 heteroatoms. The molecule has 45 heavy (non-hydrogen) atoms. The fourth-order valence-corrected chi connectivity index (χ4v) is 5.12. The van der Waals surface area contributed by atoms with Gasteiger partial charge in [-0.1, -0.05) is 54.1 Å². The molecule has 0 radical (unpaired) electrons. The Morgan fingerprint density at radius 3 is 2.18 bits per heavy atom. The zero-order valence-corrected chi connectivity index (χ0v) is 24.5. The summed E-state index contributed by atoms with van der Waals surface area (Å²) in [5, 5.41) is 2.07. The van der Waals surface area contributed by atoms with Crippen molar-refractivity contribution in [3.8, 4) is 17.2 Å². The second-order valence-electron chi connectivity index (χ2n) is 10.8. The molecule has 0 unspecified atom stereocenters. The predicted octanol–water partition coefficient (Wildman–Crippen LogP) is 6.94. The summed E-state index contributed by atoms with van der Waals surface area (Å²) in [5.41, 5.74) is 2.38. The average Bonchev–Trinajstić information content (AvgIpc) is 3.46. The number of hydrogen-bond acceptors (Lipinski definition) is 7. The van der Waals surface area contributed by atoms with Gasteiger partial charge in [0.2, 0.25) is 5.91 Å². The van der Waals surface area contributed by atoms with Gasteiger partial charge in [-0.3, -0.25) is 14.4 Å². The monoisotopic (exact) mass is 599 g/mol. The lowest BCUT2D eigenvalue weighted by Crippen LogP contribution is -2.27. The highest BCUT2D eigenvalue weighted by molar-refractivity contribution is 6.01. The van der Waals surface area contributed by atoms with Crippen molar-refractivity contribution >= 4 is 40.1 Å². The van der Waals surface area contributed by atoms with Crippen molar-refractivity contribution in [2.24, 2.45) is 5.92 Å². The molecule has 0 spiro atoms. The van der Waals surface area contributed by atoms with Crippen molar-refractivity contribution < 1.29 is 33.4 Å². The molecule has 1 aliphatic rings. The molecule has 0 saturated carbocycles. The standard InChI is InChI=1S/C37H29NO7/c1-24-9-11-27(12-10-24)37(42)45-31-17-13-26(14-18-31)33(39)23-43-36(41)28-21-35(40)38(22-28)29-15-19-30(20-16-29)44-34-8-4-6-25-5-2-3-7-32(25)34/h2-20,28H,21-23H2,1H3/t28-/m1/s1. The second kappa shape index (κ2) is 12.9. The second-order valence-corrected chi connectivity index (χ2v) is 10.8. The summed E-state index contributed by atoms with van der Waals surface area (Å²) in [4.78, 5) is 52.1. The third kappa shape index (κ3) is 6.75. The molecular formula is C37H29NO7. The van der Waals surface area contributed by atoms with E-state index in [1.807, 2.05) is 61.5 Å². The molecule has 1 aliphatic heterocycles. The Labute approximate surface area is 259 Å². The van der Waals surface area contributed by atoms with Crippen molar-refractivity contribution in [3.63, 3.8) is 0 Å². The first-order valence-corrected chi connectivity index (χ1v) is 14.5. The van der Waals surface area contributed by atoms with Crippen LogP contribution >= 0.6 is 0 Å². The molecule has 0 N–H and O–H groups in total. The number of ether oxygens (including phenoxy) is 3. The van der Waals surface area contributed by atoms with Crippen molar-refractivity contribution in [1.29, 1.82) is 0 Å². The zero-order chi connectivity index (χ0) is 31.3. The smallest absolute Gasteiger partial charge is 0.343 e. The number of aryl methyl sites for hydroxylation is 1. The van der Waals surface area contributed by atoms with Gasteiger partial charge in [0, 0.05) is 29.6 Å². The number of hydrogen-bond donors (Lipinski definition) is 0. The maximum Gasteiger partial charge on any atom is 0.343 e. The van der Waals surface area contributed by atoms with E-state index in [1.54, 1.807) is 36.4 Å². The van der Waals surface area contributed by atoms with Crippen molar-refractivity contribution in [2.45, 2.75) is 13.3 Å². The molecule has 0 aliphatic carbocycles. The molecule has 0 aromatic heterocycles. The lowest BCUT2D eigenvalue weighted by Gasteiger charge is -2.17. The number of Topliss-reactive ketones (excluding diaryl/α,β-unsaturated/α-hetero) is 1. The summed E-state index contributed by atoms with van der Waals surface area (Å²) in [5.74, 6) is -0.800. The van der Waals surface area contributed by atoms with Gasteiger partial charge < -0.3 is 19.1 Å². The van der Waals surface area contributed by atoms with E-state index in [0.717, 1.165) is 22.1 Å². The van der Waals surface area contributed by atoms with Crippen molar-refractivity contribution in [1.82, 2.24) is 0 Å². The van der Waals surface area contributed by atoms with Crippen molar-refractivity contribution in [2.75, 3.05) is 18.1 Å². The number of esters is 2. The van der Waals surface area contributed by atoms with Gasteiger partial charge >= 0.3 is 11.9 Å². The lowest BCUT2D eigenvalue weighted by atomic mass is 10.1. The summed E-state index contributed by atoms with van der Waals surface area (Å²) in [6.07, 6.45) is -0.0116. The number of anilines is 1. The van der Waals surface area contributed by atoms with Gasteiger partial charge in [0.25, 0.3) is 0 Å². The molecule has 5 aromatic rings. The minimum absolute atomic E-state index is 0.0116. The Morgan fingerprint density at radius 1 is 0.756 bits per heavy atom. The summed E-state index contributed by atoms with van der Waals surface area (Å²) in [6, 6.07) is 33.9. The number of rotatable bonds is 9. The molecule has 1 fully saturated rings. The Balaban J connectivity index is 1.00. The summed E-state index contributed by atoms with van der Waals surface area (Å²) < 4.78 is 16.8. The van der Waals surface area contributed by atoms with E-state index in [9.17, 15) is 19.2 Å². The summed E-state index contributed by atoms with van der Waals surface area (Å²) in [6.45, 7) is 1.61. The Hall–Kier alpha value is -5.76. The van der Waals surface area contributed by atoms with Crippen LogP contribution in [0.15, 0.2) is 115 Å². The first-order valence-electron chi connectivity index (χ1n) is 14.5. The van der Waals surface area contributed by atoms with Crippen LogP contribution in [0.5, 0.6) is 17.2 Å². The van der Waals surface area contributed by atoms with E-state index in [4.69, 9.17) is 14.2 Å². The number of amides is 1. The fourth-order valence-electron chi connectivity index (χ4n) is 5.12. The van der Waals surface area contributed by atoms with E-state index >= 15 is 0 Å². The van der Waals surface area contributed by atoms with Crippen LogP contribution in [-0.4, -0.2) is 36.8 Å². The van der Waals surface area contributed by atoms with Crippen molar-refractivity contribution in [3.05, 3.63) is 132 Å². The predicted molar refractivity (Wildman–Crippen MR) is 169 cm³/mol.